The van der Waals surface area contributed by atoms with Gasteiger partial charge in [0.1, 0.15) is 17.5 Å². The molecule has 116 valence electrons. The van der Waals surface area contributed by atoms with Crippen molar-refractivity contribution in [1.82, 2.24) is 9.88 Å². The minimum absolute atomic E-state index is 0.359. The lowest BCUT2D eigenvalue weighted by Crippen LogP contribution is -2.46. The molecule has 0 atom stereocenters. The van der Waals surface area contributed by atoms with Crippen molar-refractivity contribution in [2.45, 2.75) is 6.54 Å². The number of pyridine rings is 1. The Morgan fingerprint density at radius 3 is 2.45 bits per heavy atom. The van der Waals surface area contributed by atoms with Crippen molar-refractivity contribution >= 4 is 5.82 Å². The van der Waals surface area contributed by atoms with Gasteiger partial charge in [0.05, 0.1) is 0 Å². The molecule has 2 heterocycles. The van der Waals surface area contributed by atoms with E-state index in [4.69, 9.17) is 0 Å². The molecule has 1 aromatic carbocycles. The van der Waals surface area contributed by atoms with Gasteiger partial charge in [0.2, 0.25) is 5.95 Å². The Kier molecular flexibility index (Phi) is 4.29. The van der Waals surface area contributed by atoms with Crippen molar-refractivity contribution in [2.24, 2.45) is 0 Å². The fourth-order valence-corrected chi connectivity index (χ4v) is 2.61. The van der Waals surface area contributed by atoms with Crippen LogP contribution in [0.5, 0.6) is 0 Å². The van der Waals surface area contributed by atoms with Crippen molar-refractivity contribution in [3.63, 3.8) is 0 Å². The number of piperazine rings is 1. The normalized spacial score (nSPS) is 16.0. The van der Waals surface area contributed by atoms with Gasteiger partial charge < -0.3 is 4.90 Å². The van der Waals surface area contributed by atoms with Crippen molar-refractivity contribution in [3.8, 4) is 0 Å². The first-order chi connectivity index (χ1) is 10.6. The second-order valence-electron chi connectivity index (χ2n) is 5.32. The molecule has 2 aromatic rings. The van der Waals surface area contributed by atoms with Crippen LogP contribution in [0, 0.1) is 17.6 Å². The fourth-order valence-electron chi connectivity index (χ4n) is 2.61. The second-order valence-corrected chi connectivity index (χ2v) is 5.32. The molecular weight excluding hydrogens is 291 g/mol. The Bertz CT molecular complexity index is 655. The minimum atomic E-state index is -0.498. The zero-order valence-electron chi connectivity index (χ0n) is 12.0. The van der Waals surface area contributed by atoms with E-state index < -0.39 is 17.6 Å². The van der Waals surface area contributed by atoms with E-state index in [9.17, 15) is 13.2 Å². The van der Waals surface area contributed by atoms with E-state index in [0.29, 0.717) is 44.1 Å². The number of aromatic nitrogens is 1. The number of halogens is 3. The Labute approximate surface area is 127 Å². The molecule has 1 fully saturated rings. The van der Waals surface area contributed by atoms with Crippen LogP contribution >= 0.6 is 0 Å². The summed E-state index contributed by atoms with van der Waals surface area (Å²) < 4.78 is 40.0. The maximum Gasteiger partial charge on any atom is 0.214 e. The van der Waals surface area contributed by atoms with Gasteiger partial charge >= 0.3 is 0 Å². The van der Waals surface area contributed by atoms with E-state index in [1.165, 1.54) is 12.1 Å². The lowest BCUT2D eigenvalue weighted by Gasteiger charge is -2.35. The van der Waals surface area contributed by atoms with Crippen LogP contribution in [0.3, 0.4) is 0 Å². The molecule has 0 N–H and O–H groups in total. The molecule has 1 aliphatic heterocycles. The summed E-state index contributed by atoms with van der Waals surface area (Å²) in [6, 6.07) is 8.21. The smallest absolute Gasteiger partial charge is 0.214 e. The molecule has 3 nitrogen and oxygen atoms in total. The summed E-state index contributed by atoms with van der Waals surface area (Å²) in [7, 11) is 0. The maximum atomic E-state index is 13.7. The molecule has 0 aliphatic carbocycles. The van der Waals surface area contributed by atoms with Crippen LogP contribution in [0.15, 0.2) is 36.4 Å². The van der Waals surface area contributed by atoms with Crippen LogP contribution in [-0.2, 0) is 6.54 Å². The van der Waals surface area contributed by atoms with E-state index in [-0.39, 0.29) is 0 Å². The summed E-state index contributed by atoms with van der Waals surface area (Å²) in [4.78, 5) is 7.90. The molecule has 1 aromatic heterocycles. The second kappa shape index (κ2) is 6.36. The number of rotatable bonds is 3. The number of benzene rings is 1. The largest absolute Gasteiger partial charge is 0.354 e. The zero-order chi connectivity index (χ0) is 15.5. The molecule has 3 rings (SSSR count). The van der Waals surface area contributed by atoms with Gasteiger partial charge in [-0.25, -0.2) is 13.8 Å². The third kappa shape index (κ3) is 3.39. The molecule has 0 unspecified atom stereocenters. The molecule has 22 heavy (non-hydrogen) atoms. The van der Waals surface area contributed by atoms with Crippen LogP contribution in [0.1, 0.15) is 5.56 Å². The summed E-state index contributed by atoms with van der Waals surface area (Å²) in [5.74, 6) is -0.715. The first-order valence-corrected chi connectivity index (χ1v) is 7.15. The summed E-state index contributed by atoms with van der Waals surface area (Å²) in [6.07, 6.45) is 0. The molecule has 0 spiro atoms. The lowest BCUT2D eigenvalue weighted by atomic mass is 10.1. The van der Waals surface area contributed by atoms with Crippen LogP contribution in [0.4, 0.5) is 19.0 Å². The zero-order valence-corrected chi connectivity index (χ0v) is 12.0. The number of hydrogen-bond acceptors (Lipinski definition) is 3. The average Bonchev–Trinajstić information content (AvgIpc) is 2.52. The summed E-state index contributed by atoms with van der Waals surface area (Å²) in [5.41, 5.74) is 0.359. The first-order valence-electron chi connectivity index (χ1n) is 7.15. The van der Waals surface area contributed by atoms with Crippen LogP contribution < -0.4 is 4.90 Å². The Hall–Kier alpha value is -2.08. The van der Waals surface area contributed by atoms with E-state index in [2.05, 4.69) is 4.98 Å². The van der Waals surface area contributed by atoms with Gasteiger partial charge in [-0.2, -0.15) is 4.39 Å². The topological polar surface area (TPSA) is 19.4 Å². The lowest BCUT2D eigenvalue weighted by molar-refractivity contribution is 0.245. The first kappa shape index (κ1) is 14.8. The highest BCUT2D eigenvalue weighted by molar-refractivity contribution is 5.38. The molecular formula is C16H16F3N3. The minimum Gasteiger partial charge on any atom is -0.354 e. The van der Waals surface area contributed by atoms with E-state index in [1.807, 2.05) is 9.80 Å². The summed E-state index contributed by atoms with van der Waals surface area (Å²) in [6.45, 7) is 3.09. The van der Waals surface area contributed by atoms with E-state index in [0.717, 1.165) is 12.1 Å². The van der Waals surface area contributed by atoms with Gasteiger partial charge in [0, 0.05) is 38.3 Å². The molecule has 0 bridgehead atoms. The molecule has 1 aliphatic rings. The SMILES string of the molecule is Fc1ccc(F)c(CN2CCN(c3cccc(F)n3)CC2)c1. The predicted molar refractivity (Wildman–Crippen MR) is 78.0 cm³/mol. The number of hydrogen-bond donors (Lipinski definition) is 0. The highest BCUT2D eigenvalue weighted by atomic mass is 19.1. The molecule has 0 amide bonds. The third-order valence-electron chi connectivity index (χ3n) is 3.80. The monoisotopic (exact) mass is 307 g/mol. The van der Waals surface area contributed by atoms with Gasteiger partial charge in [0.15, 0.2) is 0 Å². The van der Waals surface area contributed by atoms with Crippen LogP contribution in [0.25, 0.3) is 0 Å². The Morgan fingerprint density at radius 2 is 1.73 bits per heavy atom. The average molecular weight is 307 g/mol. The number of anilines is 1. The Balaban J connectivity index is 1.61. The van der Waals surface area contributed by atoms with Gasteiger partial charge in [-0.05, 0) is 30.3 Å². The van der Waals surface area contributed by atoms with Crippen molar-refractivity contribution in [1.29, 1.82) is 0 Å². The van der Waals surface area contributed by atoms with Crippen LogP contribution in [0.2, 0.25) is 0 Å². The third-order valence-corrected chi connectivity index (χ3v) is 3.80. The van der Waals surface area contributed by atoms with Gasteiger partial charge in [-0.3, -0.25) is 4.90 Å². The standard InChI is InChI=1S/C16H16F3N3/c17-13-4-5-14(18)12(10-13)11-21-6-8-22(9-7-21)16-3-1-2-15(19)20-16/h1-5,10H,6-9,11H2. The molecule has 6 heteroatoms. The molecule has 0 radical (unpaired) electrons. The van der Waals surface area contributed by atoms with Gasteiger partial charge in [-0.1, -0.05) is 6.07 Å². The highest BCUT2D eigenvalue weighted by Crippen LogP contribution is 2.17. The van der Waals surface area contributed by atoms with E-state index >= 15 is 0 Å². The highest BCUT2D eigenvalue weighted by Gasteiger charge is 2.19. The molecule has 1 saturated heterocycles. The quantitative estimate of drug-likeness (QED) is 0.813. The number of nitrogens with zero attached hydrogens (tertiary/aromatic N) is 3. The maximum absolute atomic E-state index is 13.7. The van der Waals surface area contributed by atoms with Crippen LogP contribution in [-0.4, -0.2) is 36.1 Å². The summed E-state index contributed by atoms with van der Waals surface area (Å²) in [5, 5.41) is 0. The van der Waals surface area contributed by atoms with E-state index in [1.54, 1.807) is 12.1 Å². The Morgan fingerprint density at radius 1 is 0.955 bits per heavy atom. The molecule has 0 saturated carbocycles. The van der Waals surface area contributed by atoms with Crippen molar-refractivity contribution in [2.75, 3.05) is 31.1 Å². The predicted octanol–water partition coefficient (Wildman–Crippen LogP) is 2.82. The summed E-state index contributed by atoms with van der Waals surface area (Å²) >= 11 is 0. The fraction of sp³-hybridized carbons (Fsp3) is 0.312. The van der Waals surface area contributed by atoms with Crippen molar-refractivity contribution in [3.05, 3.63) is 59.5 Å². The van der Waals surface area contributed by atoms with Gasteiger partial charge in [0.25, 0.3) is 0 Å². The van der Waals surface area contributed by atoms with Gasteiger partial charge in [-0.15, -0.1) is 0 Å². The van der Waals surface area contributed by atoms with Crippen molar-refractivity contribution < 1.29 is 13.2 Å².